The summed E-state index contributed by atoms with van der Waals surface area (Å²) in [6, 6.07) is 2.14. The third kappa shape index (κ3) is 6.64. The van der Waals surface area contributed by atoms with Crippen LogP contribution in [0.4, 0.5) is 0 Å². The fourth-order valence-corrected chi connectivity index (χ4v) is 3.60. The molecule has 1 aliphatic rings. The van der Waals surface area contributed by atoms with Crippen LogP contribution in [-0.4, -0.2) is 55.6 Å². The van der Waals surface area contributed by atoms with Crippen LogP contribution >= 0.6 is 47.1 Å². The van der Waals surface area contributed by atoms with Crippen LogP contribution in [0.25, 0.3) is 0 Å². The molecule has 1 saturated heterocycles. The summed E-state index contributed by atoms with van der Waals surface area (Å²) in [5.74, 6) is 3.42. The van der Waals surface area contributed by atoms with Gasteiger partial charge in [0.05, 0.1) is 0 Å². The van der Waals surface area contributed by atoms with E-state index in [2.05, 4.69) is 49.1 Å². The summed E-state index contributed by atoms with van der Waals surface area (Å²) in [6.07, 6.45) is 0. The van der Waals surface area contributed by atoms with E-state index < -0.39 is 0 Å². The van der Waals surface area contributed by atoms with Crippen LogP contribution in [0.15, 0.2) is 21.8 Å². The van der Waals surface area contributed by atoms with Crippen LogP contribution in [0, 0.1) is 0 Å². The number of rotatable bonds is 5. The van der Waals surface area contributed by atoms with Gasteiger partial charge in [-0.15, -0.1) is 24.0 Å². The Morgan fingerprint density at radius 2 is 2.15 bits per heavy atom. The fraction of sp³-hybridized carbons (Fsp3) is 0.615. The lowest BCUT2D eigenvalue weighted by Gasteiger charge is -2.26. The molecule has 0 radical (unpaired) electrons. The minimum atomic E-state index is 0. The zero-order valence-corrected chi connectivity index (χ0v) is 15.8. The summed E-state index contributed by atoms with van der Waals surface area (Å²) in [5.41, 5.74) is 1.31. The molecule has 1 aromatic heterocycles. The Bertz CT molecular complexity index is 378. The second-order valence-corrected chi connectivity index (χ2v) is 6.44. The number of halogens is 1. The quantitative estimate of drug-likeness (QED) is 0.430. The van der Waals surface area contributed by atoms with Gasteiger partial charge in [-0.3, -0.25) is 9.89 Å². The van der Waals surface area contributed by atoms with Crippen molar-refractivity contribution in [3.63, 3.8) is 0 Å². The SMILES string of the molecule is CN=C(NCCN1CCSCC1)NCc1ccsc1.I. The number of nitrogens with zero attached hydrogens (tertiary/aromatic N) is 2. The van der Waals surface area contributed by atoms with Crippen molar-refractivity contribution in [1.82, 2.24) is 15.5 Å². The molecule has 1 aromatic rings. The van der Waals surface area contributed by atoms with Gasteiger partial charge in [0.15, 0.2) is 5.96 Å². The van der Waals surface area contributed by atoms with Gasteiger partial charge in [-0.05, 0) is 22.4 Å². The van der Waals surface area contributed by atoms with Gasteiger partial charge >= 0.3 is 0 Å². The molecule has 20 heavy (non-hydrogen) atoms. The summed E-state index contributed by atoms with van der Waals surface area (Å²) >= 11 is 3.78. The van der Waals surface area contributed by atoms with E-state index in [-0.39, 0.29) is 24.0 Å². The fourth-order valence-electron chi connectivity index (χ4n) is 1.96. The topological polar surface area (TPSA) is 39.7 Å². The van der Waals surface area contributed by atoms with E-state index in [1.807, 2.05) is 7.05 Å². The molecule has 0 bridgehead atoms. The molecular formula is C13H23IN4S2. The van der Waals surface area contributed by atoms with Gasteiger partial charge < -0.3 is 10.6 Å². The number of thioether (sulfide) groups is 1. The highest BCUT2D eigenvalue weighted by Crippen LogP contribution is 2.08. The van der Waals surface area contributed by atoms with Gasteiger partial charge in [0.1, 0.15) is 0 Å². The molecule has 0 saturated carbocycles. The van der Waals surface area contributed by atoms with E-state index in [0.717, 1.165) is 25.6 Å². The van der Waals surface area contributed by atoms with E-state index in [0.29, 0.717) is 0 Å². The Kier molecular flexibility index (Phi) is 9.66. The van der Waals surface area contributed by atoms with Gasteiger partial charge in [0.2, 0.25) is 0 Å². The molecule has 2 N–H and O–H groups in total. The van der Waals surface area contributed by atoms with Gasteiger partial charge in [0.25, 0.3) is 0 Å². The lowest BCUT2D eigenvalue weighted by molar-refractivity contribution is 0.307. The Balaban J connectivity index is 0.00000200. The van der Waals surface area contributed by atoms with E-state index in [4.69, 9.17) is 0 Å². The first-order valence-corrected chi connectivity index (χ1v) is 8.74. The number of hydrogen-bond donors (Lipinski definition) is 2. The zero-order chi connectivity index (χ0) is 13.3. The van der Waals surface area contributed by atoms with Crippen LogP contribution < -0.4 is 10.6 Å². The van der Waals surface area contributed by atoms with Crippen LogP contribution in [0.5, 0.6) is 0 Å². The molecule has 2 heterocycles. The van der Waals surface area contributed by atoms with Crippen LogP contribution in [0.1, 0.15) is 5.56 Å². The number of nitrogens with one attached hydrogen (secondary N) is 2. The smallest absolute Gasteiger partial charge is 0.191 e. The highest BCUT2D eigenvalue weighted by molar-refractivity contribution is 14.0. The van der Waals surface area contributed by atoms with E-state index >= 15 is 0 Å². The van der Waals surface area contributed by atoms with Gasteiger partial charge in [-0.2, -0.15) is 23.1 Å². The Morgan fingerprint density at radius 1 is 1.35 bits per heavy atom. The van der Waals surface area contributed by atoms with Crippen molar-refractivity contribution in [2.75, 3.05) is 44.7 Å². The lowest BCUT2D eigenvalue weighted by Crippen LogP contribution is -2.43. The number of aliphatic imine (C=N–C) groups is 1. The summed E-state index contributed by atoms with van der Waals surface area (Å²) in [7, 11) is 1.82. The average molecular weight is 426 g/mol. The molecule has 114 valence electrons. The minimum Gasteiger partial charge on any atom is -0.355 e. The zero-order valence-electron chi connectivity index (χ0n) is 11.8. The van der Waals surface area contributed by atoms with Crippen molar-refractivity contribution >= 4 is 53.0 Å². The maximum absolute atomic E-state index is 4.25. The number of hydrogen-bond acceptors (Lipinski definition) is 4. The molecule has 1 fully saturated rings. The molecule has 0 aromatic carbocycles. The molecule has 0 unspecified atom stereocenters. The first kappa shape index (κ1) is 18.1. The molecule has 0 aliphatic carbocycles. The number of thiophene rings is 1. The molecule has 0 atom stereocenters. The average Bonchev–Trinajstić information content (AvgIpc) is 2.97. The standard InChI is InChI=1S/C13H22N4S2.HI/c1-14-13(16-10-12-2-7-19-11-12)15-3-4-17-5-8-18-9-6-17;/h2,7,11H,3-6,8-10H2,1H3,(H2,14,15,16);1H. The molecule has 0 spiro atoms. The monoisotopic (exact) mass is 426 g/mol. The Hall–Kier alpha value is 0.01000. The predicted molar refractivity (Wildman–Crippen MR) is 102 cm³/mol. The van der Waals surface area contributed by atoms with E-state index in [1.165, 1.54) is 30.2 Å². The van der Waals surface area contributed by atoms with Crippen molar-refractivity contribution in [2.24, 2.45) is 4.99 Å². The molecule has 0 amide bonds. The largest absolute Gasteiger partial charge is 0.355 e. The second kappa shape index (κ2) is 10.7. The van der Waals surface area contributed by atoms with Crippen molar-refractivity contribution in [1.29, 1.82) is 0 Å². The van der Waals surface area contributed by atoms with Gasteiger partial charge in [-0.1, -0.05) is 0 Å². The number of guanidine groups is 1. The third-order valence-electron chi connectivity index (χ3n) is 3.09. The predicted octanol–water partition coefficient (Wildman–Crippen LogP) is 2.08. The van der Waals surface area contributed by atoms with Crippen molar-refractivity contribution in [2.45, 2.75) is 6.54 Å². The van der Waals surface area contributed by atoms with Gasteiger partial charge in [0, 0.05) is 51.3 Å². The maximum Gasteiger partial charge on any atom is 0.191 e. The van der Waals surface area contributed by atoms with Crippen LogP contribution in [-0.2, 0) is 6.54 Å². The van der Waals surface area contributed by atoms with E-state index in [1.54, 1.807) is 11.3 Å². The summed E-state index contributed by atoms with van der Waals surface area (Å²) in [4.78, 5) is 6.75. The van der Waals surface area contributed by atoms with Gasteiger partial charge in [-0.25, -0.2) is 0 Å². The third-order valence-corrected chi connectivity index (χ3v) is 4.76. The second-order valence-electron chi connectivity index (χ2n) is 4.44. The lowest BCUT2D eigenvalue weighted by atomic mass is 10.3. The highest BCUT2D eigenvalue weighted by atomic mass is 127. The minimum absolute atomic E-state index is 0. The first-order valence-electron chi connectivity index (χ1n) is 6.64. The first-order chi connectivity index (χ1) is 9.38. The van der Waals surface area contributed by atoms with Crippen molar-refractivity contribution < 1.29 is 0 Å². The van der Waals surface area contributed by atoms with Crippen LogP contribution in [0.2, 0.25) is 0 Å². The summed E-state index contributed by atoms with van der Waals surface area (Å²) in [6.45, 7) is 5.32. The molecule has 7 heteroatoms. The molecule has 2 rings (SSSR count). The maximum atomic E-state index is 4.25. The Morgan fingerprint density at radius 3 is 2.80 bits per heavy atom. The molecule has 1 aliphatic heterocycles. The molecule has 4 nitrogen and oxygen atoms in total. The summed E-state index contributed by atoms with van der Waals surface area (Å²) < 4.78 is 0. The van der Waals surface area contributed by atoms with Crippen molar-refractivity contribution in [3.8, 4) is 0 Å². The Labute approximate surface area is 146 Å². The van der Waals surface area contributed by atoms with Crippen LogP contribution in [0.3, 0.4) is 0 Å². The highest BCUT2D eigenvalue weighted by Gasteiger charge is 2.09. The summed E-state index contributed by atoms with van der Waals surface area (Å²) in [5, 5.41) is 11.0. The van der Waals surface area contributed by atoms with Crippen molar-refractivity contribution in [3.05, 3.63) is 22.4 Å². The van der Waals surface area contributed by atoms with E-state index in [9.17, 15) is 0 Å². The normalized spacial score (nSPS) is 16.6. The molecular weight excluding hydrogens is 403 g/mol.